The van der Waals surface area contributed by atoms with Crippen LogP contribution >= 0.6 is 0 Å². The van der Waals surface area contributed by atoms with E-state index in [4.69, 9.17) is 0 Å². The molecular weight excluding hydrogens is 160 g/mol. The number of hydrogen-bond donors (Lipinski definition) is 0. The molecule has 1 aliphatic rings. The normalized spacial score (nSPS) is 18.7. The van der Waals surface area contributed by atoms with Crippen LogP contribution in [0.5, 0.6) is 0 Å². The highest BCUT2D eigenvalue weighted by Crippen LogP contribution is 2.33. The Morgan fingerprint density at radius 3 is 2.62 bits per heavy atom. The molecule has 1 aromatic rings. The van der Waals surface area contributed by atoms with Crippen molar-refractivity contribution in [1.82, 2.24) is 9.78 Å². The molecule has 1 fully saturated rings. The molecule has 0 radical (unpaired) electrons. The summed E-state index contributed by atoms with van der Waals surface area (Å²) in [4.78, 5) is 0. The Morgan fingerprint density at radius 1 is 1.38 bits per heavy atom. The van der Waals surface area contributed by atoms with Gasteiger partial charge in [0.1, 0.15) is 0 Å². The zero-order chi connectivity index (χ0) is 9.26. The van der Waals surface area contributed by atoms with Gasteiger partial charge in [-0.25, -0.2) is 0 Å². The summed E-state index contributed by atoms with van der Waals surface area (Å²) in [7, 11) is 0. The van der Waals surface area contributed by atoms with Gasteiger partial charge in [-0.05, 0) is 32.8 Å². The summed E-state index contributed by atoms with van der Waals surface area (Å²) in [5.74, 6) is 0.750. The monoisotopic (exact) mass is 178 g/mol. The summed E-state index contributed by atoms with van der Waals surface area (Å²) in [6.45, 7) is 4.34. The maximum absolute atomic E-state index is 4.61. The van der Waals surface area contributed by atoms with E-state index in [0.29, 0.717) is 6.04 Å². The van der Waals surface area contributed by atoms with E-state index in [1.807, 2.05) is 0 Å². The molecule has 0 spiro atoms. The van der Waals surface area contributed by atoms with Crippen LogP contribution in [0.25, 0.3) is 0 Å². The Labute approximate surface area is 80.0 Å². The topological polar surface area (TPSA) is 17.8 Å². The van der Waals surface area contributed by atoms with Gasteiger partial charge in [-0.1, -0.05) is 12.8 Å². The second-order valence-electron chi connectivity index (χ2n) is 4.30. The lowest BCUT2D eigenvalue weighted by Crippen LogP contribution is -2.03. The Hall–Kier alpha value is -0.790. The molecule has 2 nitrogen and oxygen atoms in total. The van der Waals surface area contributed by atoms with Crippen molar-refractivity contribution < 1.29 is 0 Å². The second kappa shape index (κ2) is 3.52. The standard InChI is InChI=1S/C11H18N2/c1-9(2)13-8-7-11(12-13)10-5-3-4-6-10/h7-10H,3-6H2,1-2H3. The first-order chi connectivity index (χ1) is 6.27. The highest BCUT2D eigenvalue weighted by atomic mass is 15.3. The molecule has 72 valence electrons. The minimum absolute atomic E-state index is 0.496. The van der Waals surface area contributed by atoms with Crippen molar-refractivity contribution in [2.45, 2.75) is 51.5 Å². The SMILES string of the molecule is CC(C)n1ccc(C2CCCC2)n1. The van der Waals surface area contributed by atoms with Crippen molar-refractivity contribution in [3.63, 3.8) is 0 Å². The van der Waals surface area contributed by atoms with Gasteiger partial charge in [0.2, 0.25) is 0 Å². The predicted octanol–water partition coefficient (Wildman–Crippen LogP) is 3.12. The van der Waals surface area contributed by atoms with E-state index < -0.39 is 0 Å². The van der Waals surface area contributed by atoms with Gasteiger partial charge in [0.15, 0.2) is 0 Å². The Morgan fingerprint density at radius 2 is 2.08 bits per heavy atom. The number of aromatic nitrogens is 2. The molecule has 2 heteroatoms. The second-order valence-corrected chi connectivity index (χ2v) is 4.30. The Bertz CT molecular complexity index is 269. The first-order valence-corrected chi connectivity index (χ1v) is 5.32. The summed E-state index contributed by atoms with van der Waals surface area (Å²) < 4.78 is 2.06. The lowest BCUT2D eigenvalue weighted by Gasteiger charge is -2.06. The van der Waals surface area contributed by atoms with Crippen molar-refractivity contribution >= 4 is 0 Å². The zero-order valence-corrected chi connectivity index (χ0v) is 8.53. The number of hydrogen-bond acceptors (Lipinski definition) is 1. The van der Waals surface area contributed by atoms with Crippen molar-refractivity contribution in [1.29, 1.82) is 0 Å². The van der Waals surface area contributed by atoms with Crippen LogP contribution in [0.15, 0.2) is 12.3 Å². The smallest absolute Gasteiger partial charge is 0.0655 e. The van der Waals surface area contributed by atoms with Gasteiger partial charge in [-0.3, -0.25) is 4.68 Å². The fourth-order valence-corrected chi connectivity index (χ4v) is 2.08. The van der Waals surface area contributed by atoms with Crippen LogP contribution in [0.1, 0.15) is 57.2 Å². The highest BCUT2D eigenvalue weighted by molar-refractivity contribution is 5.08. The molecule has 1 saturated carbocycles. The van der Waals surface area contributed by atoms with Crippen LogP contribution in [0, 0.1) is 0 Å². The van der Waals surface area contributed by atoms with Gasteiger partial charge in [0, 0.05) is 18.2 Å². The molecule has 13 heavy (non-hydrogen) atoms. The summed E-state index contributed by atoms with van der Waals surface area (Å²) >= 11 is 0. The van der Waals surface area contributed by atoms with Crippen LogP contribution in [0.2, 0.25) is 0 Å². The molecule has 1 aromatic heterocycles. The van der Waals surface area contributed by atoms with E-state index in [1.54, 1.807) is 0 Å². The summed E-state index contributed by atoms with van der Waals surface area (Å²) in [6, 6.07) is 2.69. The fourth-order valence-electron chi connectivity index (χ4n) is 2.08. The van der Waals surface area contributed by atoms with Gasteiger partial charge >= 0.3 is 0 Å². The molecule has 0 saturated heterocycles. The van der Waals surface area contributed by atoms with Crippen molar-refractivity contribution in [2.24, 2.45) is 0 Å². The Balaban J connectivity index is 2.12. The van der Waals surface area contributed by atoms with Crippen LogP contribution < -0.4 is 0 Å². The minimum Gasteiger partial charge on any atom is -0.270 e. The first kappa shape index (κ1) is 8.79. The van der Waals surface area contributed by atoms with Gasteiger partial charge < -0.3 is 0 Å². The molecule has 1 aliphatic carbocycles. The average molecular weight is 178 g/mol. The van der Waals surface area contributed by atoms with E-state index >= 15 is 0 Å². The fraction of sp³-hybridized carbons (Fsp3) is 0.727. The maximum Gasteiger partial charge on any atom is 0.0655 e. The molecule has 0 aliphatic heterocycles. The van der Waals surface area contributed by atoms with Crippen molar-refractivity contribution in [2.75, 3.05) is 0 Å². The van der Waals surface area contributed by atoms with Crippen LogP contribution in [-0.4, -0.2) is 9.78 Å². The van der Waals surface area contributed by atoms with Gasteiger partial charge in [-0.2, -0.15) is 5.10 Å². The average Bonchev–Trinajstić information content (AvgIpc) is 2.75. The molecule has 0 N–H and O–H groups in total. The molecule has 0 unspecified atom stereocenters. The number of rotatable bonds is 2. The molecule has 2 rings (SSSR count). The Kier molecular flexibility index (Phi) is 2.38. The predicted molar refractivity (Wildman–Crippen MR) is 53.8 cm³/mol. The van der Waals surface area contributed by atoms with E-state index in [1.165, 1.54) is 31.4 Å². The van der Waals surface area contributed by atoms with Crippen LogP contribution in [0.3, 0.4) is 0 Å². The van der Waals surface area contributed by atoms with Gasteiger partial charge in [0.05, 0.1) is 5.69 Å². The molecular formula is C11H18N2. The third kappa shape index (κ3) is 1.77. The van der Waals surface area contributed by atoms with Crippen LogP contribution in [0.4, 0.5) is 0 Å². The van der Waals surface area contributed by atoms with Gasteiger partial charge in [0.25, 0.3) is 0 Å². The van der Waals surface area contributed by atoms with E-state index in [0.717, 1.165) is 5.92 Å². The van der Waals surface area contributed by atoms with Crippen LogP contribution in [-0.2, 0) is 0 Å². The molecule has 1 heterocycles. The lowest BCUT2D eigenvalue weighted by atomic mass is 10.1. The molecule has 0 atom stereocenters. The molecule has 0 aromatic carbocycles. The van der Waals surface area contributed by atoms with Crippen molar-refractivity contribution in [3.05, 3.63) is 18.0 Å². The summed E-state index contributed by atoms with van der Waals surface area (Å²) in [5, 5.41) is 4.61. The lowest BCUT2D eigenvalue weighted by molar-refractivity contribution is 0.518. The van der Waals surface area contributed by atoms with Crippen molar-refractivity contribution in [3.8, 4) is 0 Å². The minimum atomic E-state index is 0.496. The quantitative estimate of drug-likeness (QED) is 0.680. The third-order valence-electron chi connectivity index (χ3n) is 2.93. The van der Waals surface area contributed by atoms with Gasteiger partial charge in [-0.15, -0.1) is 0 Å². The highest BCUT2D eigenvalue weighted by Gasteiger charge is 2.19. The molecule has 0 bridgehead atoms. The zero-order valence-electron chi connectivity index (χ0n) is 8.53. The summed E-state index contributed by atoms with van der Waals surface area (Å²) in [6.07, 6.45) is 7.57. The summed E-state index contributed by atoms with van der Waals surface area (Å²) in [5.41, 5.74) is 1.31. The third-order valence-corrected chi connectivity index (χ3v) is 2.93. The first-order valence-electron chi connectivity index (χ1n) is 5.32. The largest absolute Gasteiger partial charge is 0.270 e. The maximum atomic E-state index is 4.61. The van der Waals surface area contributed by atoms with E-state index in [2.05, 4.69) is 35.9 Å². The number of nitrogens with zero attached hydrogens (tertiary/aromatic N) is 2. The molecule has 0 amide bonds. The van der Waals surface area contributed by atoms with E-state index in [9.17, 15) is 0 Å². The van der Waals surface area contributed by atoms with E-state index in [-0.39, 0.29) is 0 Å².